The van der Waals surface area contributed by atoms with Crippen LogP contribution in [0.4, 0.5) is 10.7 Å². The summed E-state index contributed by atoms with van der Waals surface area (Å²) >= 11 is 10.0. The van der Waals surface area contributed by atoms with Gasteiger partial charge in [0.1, 0.15) is 28.7 Å². The van der Waals surface area contributed by atoms with Crippen LogP contribution in [0.3, 0.4) is 0 Å². The first-order chi connectivity index (χ1) is 14.8. The molecular weight excluding hydrogens is 514 g/mol. The van der Waals surface area contributed by atoms with Gasteiger partial charge in [-0.05, 0) is 54.9 Å². The van der Waals surface area contributed by atoms with Crippen molar-refractivity contribution in [2.24, 2.45) is 0 Å². The maximum Gasteiger partial charge on any atom is 0.414 e. The predicted octanol–water partition coefficient (Wildman–Crippen LogP) is 6.50. The minimum atomic E-state index is -1.19. The number of rotatable bonds is 7. The van der Waals surface area contributed by atoms with Gasteiger partial charge in [-0.2, -0.15) is 0 Å². The molecule has 0 unspecified atom stereocenters. The number of aromatic nitrogens is 4. The van der Waals surface area contributed by atoms with Gasteiger partial charge >= 0.3 is 6.09 Å². The van der Waals surface area contributed by atoms with Gasteiger partial charge in [0.05, 0.1) is 15.7 Å². The highest BCUT2D eigenvalue weighted by Gasteiger charge is 2.21. The molecule has 1 amide bonds. The molecule has 0 aliphatic rings. The Hall–Kier alpha value is -1.88. The zero-order valence-corrected chi connectivity index (χ0v) is 22.5. The van der Waals surface area contributed by atoms with E-state index in [9.17, 15) is 4.79 Å². The molecule has 11 heteroatoms. The van der Waals surface area contributed by atoms with Gasteiger partial charge in [0, 0.05) is 20.9 Å². The zero-order valence-electron chi connectivity index (χ0n) is 19.2. The van der Waals surface area contributed by atoms with Gasteiger partial charge in [-0.1, -0.05) is 31.2 Å². The van der Waals surface area contributed by atoms with Crippen molar-refractivity contribution in [3.05, 3.63) is 28.0 Å². The lowest BCUT2D eigenvalue weighted by atomic mass is 10.2. The number of anilines is 1. The molecule has 0 saturated carbocycles. The van der Waals surface area contributed by atoms with Crippen molar-refractivity contribution in [3.63, 3.8) is 0 Å². The highest BCUT2D eigenvalue weighted by atomic mass is 79.9. The average Bonchev–Trinajstić information content (AvgIpc) is 3.17. The number of hydrogen-bond acceptors (Lipinski definition) is 5. The number of pyridine rings is 1. The first-order valence-corrected chi connectivity index (χ1v) is 15.2. The largest absolute Gasteiger partial charge is 0.444 e. The highest BCUT2D eigenvalue weighted by molar-refractivity contribution is 9.10. The topological polar surface area (TPSA) is 94.1 Å². The summed E-state index contributed by atoms with van der Waals surface area (Å²) in [7, 11) is -1.19. The predicted molar refractivity (Wildman–Crippen MR) is 134 cm³/mol. The Labute approximate surface area is 202 Å². The third-order valence-electron chi connectivity index (χ3n) is 4.47. The summed E-state index contributed by atoms with van der Waals surface area (Å²) in [6.45, 7) is 13.3. The fraction of sp³-hybridized carbons (Fsp3) is 0.476. The van der Waals surface area contributed by atoms with Crippen LogP contribution in [0.2, 0.25) is 30.8 Å². The van der Waals surface area contributed by atoms with Crippen molar-refractivity contribution in [1.82, 2.24) is 19.5 Å². The Kier molecular flexibility index (Phi) is 7.38. The summed E-state index contributed by atoms with van der Waals surface area (Å²) in [5.41, 5.74) is 2.10. The van der Waals surface area contributed by atoms with Crippen LogP contribution in [-0.2, 0) is 16.2 Å². The smallest absolute Gasteiger partial charge is 0.414 e. The third kappa shape index (κ3) is 6.34. The molecule has 3 aromatic rings. The number of carbonyl (C=O) groups excluding carboxylic acids is 1. The molecule has 0 radical (unpaired) electrons. The molecule has 174 valence electrons. The Morgan fingerprint density at radius 1 is 1.34 bits per heavy atom. The monoisotopic (exact) mass is 541 g/mol. The number of nitrogens with one attached hydrogen (secondary N) is 2. The standard InChI is InChI=1S/C21H29BrClN5O3Si/c1-21(2,3)31-20(29)27-19-25-14-7-8-24-17(16(14)26-19)15-11-13(22)18(23)28(15)12-30-9-10-32(4,5)6/h7-8,11H,9-10,12H2,1-6H3,(H2,25,26,27,29). The summed E-state index contributed by atoms with van der Waals surface area (Å²) in [5, 5.41) is 3.16. The summed E-state index contributed by atoms with van der Waals surface area (Å²) in [4.78, 5) is 24.3. The number of H-pyrrole nitrogens is 1. The normalized spacial score (nSPS) is 12.4. The molecule has 3 heterocycles. The van der Waals surface area contributed by atoms with Crippen LogP contribution in [-0.4, -0.2) is 45.9 Å². The summed E-state index contributed by atoms with van der Waals surface area (Å²) < 4.78 is 13.8. The number of hydrogen-bond donors (Lipinski definition) is 2. The highest BCUT2D eigenvalue weighted by Crippen LogP contribution is 2.35. The molecule has 8 nitrogen and oxygen atoms in total. The van der Waals surface area contributed by atoms with Crippen LogP contribution in [0.15, 0.2) is 22.8 Å². The van der Waals surface area contributed by atoms with Gasteiger partial charge < -0.3 is 19.0 Å². The summed E-state index contributed by atoms with van der Waals surface area (Å²) in [6.07, 6.45) is 1.09. The lowest BCUT2D eigenvalue weighted by Gasteiger charge is -2.18. The van der Waals surface area contributed by atoms with E-state index in [-0.39, 0.29) is 5.95 Å². The second-order valence-corrected chi connectivity index (χ2v) is 16.5. The molecule has 0 aliphatic carbocycles. The lowest BCUT2D eigenvalue weighted by Crippen LogP contribution is -2.27. The summed E-state index contributed by atoms with van der Waals surface area (Å²) in [6, 6.07) is 4.75. The van der Waals surface area contributed by atoms with E-state index in [4.69, 9.17) is 21.1 Å². The third-order valence-corrected chi connectivity index (χ3v) is 7.41. The van der Waals surface area contributed by atoms with Crippen LogP contribution in [0.1, 0.15) is 20.8 Å². The molecule has 32 heavy (non-hydrogen) atoms. The molecule has 0 atom stereocenters. The van der Waals surface area contributed by atoms with Crippen molar-refractivity contribution < 1.29 is 14.3 Å². The maximum atomic E-state index is 12.1. The molecule has 2 N–H and O–H groups in total. The number of halogens is 2. The first-order valence-electron chi connectivity index (χ1n) is 10.3. The number of amides is 1. The van der Waals surface area contributed by atoms with Crippen LogP contribution < -0.4 is 5.32 Å². The van der Waals surface area contributed by atoms with E-state index in [0.717, 1.165) is 21.7 Å². The van der Waals surface area contributed by atoms with Gasteiger partial charge in [0.2, 0.25) is 5.95 Å². The molecule has 0 spiro atoms. The molecule has 0 aliphatic heterocycles. The minimum Gasteiger partial charge on any atom is -0.444 e. The molecular formula is C21H29BrClN5O3Si. The van der Waals surface area contributed by atoms with Crippen LogP contribution in [0.25, 0.3) is 22.4 Å². The second kappa shape index (κ2) is 9.54. The van der Waals surface area contributed by atoms with E-state index in [1.165, 1.54) is 0 Å². The van der Waals surface area contributed by atoms with E-state index in [1.807, 2.05) is 10.6 Å². The molecule has 0 bridgehead atoms. The number of carbonyl (C=O) groups is 1. The van der Waals surface area contributed by atoms with Crippen molar-refractivity contribution in [3.8, 4) is 11.4 Å². The molecule has 3 aromatic heterocycles. The van der Waals surface area contributed by atoms with Crippen LogP contribution >= 0.6 is 27.5 Å². The van der Waals surface area contributed by atoms with E-state index in [0.29, 0.717) is 29.7 Å². The molecule has 0 aromatic carbocycles. The fourth-order valence-electron chi connectivity index (χ4n) is 2.93. The Morgan fingerprint density at radius 2 is 2.06 bits per heavy atom. The second-order valence-electron chi connectivity index (χ2n) is 9.71. The Bertz CT molecular complexity index is 1120. The number of nitrogens with zero attached hydrogens (tertiary/aromatic N) is 3. The number of fused-ring (bicyclic) bond motifs is 1. The van der Waals surface area contributed by atoms with Crippen molar-refractivity contribution >= 4 is 58.7 Å². The van der Waals surface area contributed by atoms with Crippen molar-refractivity contribution in [2.75, 3.05) is 11.9 Å². The molecule has 0 saturated heterocycles. The van der Waals surface area contributed by atoms with E-state index in [1.54, 1.807) is 33.0 Å². The quantitative estimate of drug-likeness (QED) is 0.262. The number of imidazole rings is 1. The lowest BCUT2D eigenvalue weighted by molar-refractivity contribution is 0.0635. The zero-order chi connectivity index (χ0) is 23.7. The Balaban J connectivity index is 1.88. The minimum absolute atomic E-state index is 0.276. The molecule has 0 fully saturated rings. The van der Waals surface area contributed by atoms with Crippen molar-refractivity contribution in [2.45, 2.75) is 58.8 Å². The van der Waals surface area contributed by atoms with Crippen LogP contribution in [0, 0.1) is 0 Å². The SMILES string of the molecule is CC(C)(C)OC(=O)Nc1nc2c(-c3cc(Br)c(Cl)n3COCC[Si](C)(C)C)nccc2[nH]1. The maximum absolute atomic E-state index is 12.1. The van der Waals surface area contributed by atoms with Gasteiger partial charge in [-0.3, -0.25) is 10.3 Å². The van der Waals surface area contributed by atoms with Gasteiger partial charge in [0.25, 0.3) is 0 Å². The summed E-state index contributed by atoms with van der Waals surface area (Å²) in [5.74, 6) is 0.276. The first kappa shape index (κ1) is 24.8. The molecule has 3 rings (SSSR count). The van der Waals surface area contributed by atoms with Crippen molar-refractivity contribution in [1.29, 1.82) is 0 Å². The fourth-order valence-corrected chi connectivity index (χ4v) is 4.31. The van der Waals surface area contributed by atoms with Crippen LogP contribution in [0.5, 0.6) is 0 Å². The average molecular weight is 543 g/mol. The number of ether oxygens (including phenoxy) is 2. The van der Waals surface area contributed by atoms with E-state index in [2.05, 4.69) is 55.8 Å². The van der Waals surface area contributed by atoms with Gasteiger partial charge in [-0.15, -0.1) is 0 Å². The number of aromatic amines is 1. The van der Waals surface area contributed by atoms with E-state index < -0.39 is 19.8 Å². The van der Waals surface area contributed by atoms with E-state index >= 15 is 0 Å². The van der Waals surface area contributed by atoms with Gasteiger partial charge in [-0.25, -0.2) is 9.78 Å². The van der Waals surface area contributed by atoms with Gasteiger partial charge in [0.15, 0.2) is 0 Å². The Morgan fingerprint density at radius 3 is 2.72 bits per heavy atom.